The molecule has 1 heterocycles. The molecule has 104 valence electrons. The van der Waals surface area contributed by atoms with Gasteiger partial charge in [0, 0.05) is 19.1 Å². The van der Waals surface area contributed by atoms with Gasteiger partial charge in [0.15, 0.2) is 0 Å². The molecule has 4 nitrogen and oxygen atoms in total. The first-order valence-electron chi connectivity index (χ1n) is 6.91. The molecule has 1 amide bonds. The number of rotatable bonds is 3. The number of nitrogens with one attached hydrogen (secondary N) is 1. The first-order chi connectivity index (χ1) is 8.28. The number of hydrogen-bond donors (Lipinski definition) is 1. The van der Waals surface area contributed by atoms with Crippen molar-refractivity contribution in [3.05, 3.63) is 0 Å². The molecule has 1 N–H and O–H groups in total. The summed E-state index contributed by atoms with van der Waals surface area (Å²) in [6.45, 7) is 13.8. The summed E-state index contributed by atoms with van der Waals surface area (Å²) in [7, 11) is 0. The van der Waals surface area contributed by atoms with Crippen molar-refractivity contribution in [1.29, 1.82) is 0 Å². The monoisotopic (exact) mass is 254 g/mol. The van der Waals surface area contributed by atoms with Crippen molar-refractivity contribution in [3.63, 3.8) is 0 Å². The Morgan fingerprint density at radius 3 is 2.17 bits per heavy atom. The van der Waals surface area contributed by atoms with Crippen LogP contribution in [0.3, 0.4) is 0 Å². The van der Waals surface area contributed by atoms with Gasteiger partial charge in [-0.1, -0.05) is 27.7 Å². The van der Waals surface area contributed by atoms with Crippen molar-refractivity contribution in [2.24, 2.45) is 10.8 Å². The molecule has 1 saturated carbocycles. The van der Waals surface area contributed by atoms with E-state index >= 15 is 0 Å². The molecule has 1 saturated heterocycles. The van der Waals surface area contributed by atoms with Gasteiger partial charge < -0.3 is 15.0 Å². The Bertz CT molecular complexity index is 319. The molecule has 0 spiro atoms. The molecule has 0 aromatic rings. The molecule has 2 fully saturated rings. The summed E-state index contributed by atoms with van der Waals surface area (Å²) < 4.78 is 5.27. The number of nitrogens with zero attached hydrogens (tertiary/aromatic N) is 1. The molecule has 18 heavy (non-hydrogen) atoms. The fraction of sp³-hybridized carbons (Fsp3) is 0.929. The van der Waals surface area contributed by atoms with E-state index in [0.717, 1.165) is 13.1 Å². The van der Waals surface area contributed by atoms with Crippen molar-refractivity contribution < 1.29 is 9.53 Å². The number of hydrogen-bond acceptors (Lipinski definition) is 3. The zero-order chi connectivity index (χ0) is 13.6. The lowest BCUT2D eigenvalue weighted by atomic mass is 10.0. The topological polar surface area (TPSA) is 41.6 Å². The molecule has 0 radical (unpaired) electrons. The predicted octanol–water partition coefficient (Wildman–Crippen LogP) is 1.26. The summed E-state index contributed by atoms with van der Waals surface area (Å²) in [4.78, 5) is 14.2. The smallest absolute Gasteiger partial charge is 0.239 e. The Morgan fingerprint density at radius 2 is 1.72 bits per heavy atom. The molecule has 1 aliphatic carbocycles. The first-order valence-corrected chi connectivity index (χ1v) is 6.91. The minimum Gasteiger partial charge on any atom is -0.378 e. The van der Waals surface area contributed by atoms with Gasteiger partial charge in [-0.05, 0) is 17.8 Å². The Kier molecular flexibility index (Phi) is 3.45. The second kappa shape index (κ2) is 4.49. The summed E-state index contributed by atoms with van der Waals surface area (Å²) in [5.74, 6) is 0.205. The van der Waals surface area contributed by atoms with Crippen molar-refractivity contribution in [1.82, 2.24) is 10.2 Å². The Hall–Kier alpha value is -0.610. The van der Waals surface area contributed by atoms with Crippen LogP contribution in [-0.4, -0.2) is 49.2 Å². The lowest BCUT2D eigenvalue weighted by Crippen LogP contribution is -2.50. The Labute approximate surface area is 110 Å². The maximum atomic E-state index is 12.3. The van der Waals surface area contributed by atoms with Gasteiger partial charge in [-0.2, -0.15) is 0 Å². The van der Waals surface area contributed by atoms with E-state index in [0.29, 0.717) is 19.3 Å². The van der Waals surface area contributed by atoms with Crippen LogP contribution in [-0.2, 0) is 9.53 Å². The van der Waals surface area contributed by atoms with Gasteiger partial charge >= 0.3 is 0 Å². The molecule has 0 aromatic carbocycles. The highest BCUT2D eigenvalue weighted by molar-refractivity contribution is 5.81. The van der Waals surface area contributed by atoms with Gasteiger partial charge in [-0.25, -0.2) is 0 Å². The highest BCUT2D eigenvalue weighted by atomic mass is 16.5. The van der Waals surface area contributed by atoms with Crippen molar-refractivity contribution in [3.8, 4) is 0 Å². The normalized spacial score (nSPS) is 27.9. The molecule has 2 aliphatic rings. The summed E-state index contributed by atoms with van der Waals surface area (Å²) >= 11 is 0. The lowest BCUT2D eigenvalue weighted by molar-refractivity contribution is -0.137. The van der Waals surface area contributed by atoms with Crippen LogP contribution < -0.4 is 5.32 Å². The van der Waals surface area contributed by atoms with Crippen LogP contribution in [0.5, 0.6) is 0 Å². The maximum Gasteiger partial charge on any atom is 0.239 e. The fourth-order valence-electron chi connectivity index (χ4n) is 2.99. The van der Waals surface area contributed by atoms with Crippen LogP contribution in [0.1, 0.15) is 34.6 Å². The molecule has 2 rings (SSSR count). The highest BCUT2D eigenvalue weighted by Crippen LogP contribution is 2.62. The van der Waals surface area contributed by atoms with Crippen LogP contribution >= 0.6 is 0 Å². The molecule has 1 unspecified atom stereocenters. The third-order valence-electron chi connectivity index (χ3n) is 5.13. The number of carbonyl (C=O) groups excluding carboxylic acids is 1. The summed E-state index contributed by atoms with van der Waals surface area (Å²) in [6.07, 6.45) is 0. The van der Waals surface area contributed by atoms with E-state index < -0.39 is 0 Å². The zero-order valence-corrected chi connectivity index (χ0v) is 12.2. The molecular formula is C14H26N2O2. The highest BCUT2D eigenvalue weighted by Gasteiger charge is 2.65. The summed E-state index contributed by atoms with van der Waals surface area (Å²) in [5, 5.41) is 3.50. The van der Waals surface area contributed by atoms with E-state index in [1.165, 1.54) is 0 Å². The SMILES string of the molecule is CC(NC1C(C)(C)C1(C)C)C(=O)N1CCOCC1. The lowest BCUT2D eigenvalue weighted by Gasteiger charge is -2.29. The maximum absolute atomic E-state index is 12.3. The Balaban J connectivity index is 1.89. The second-order valence-electron chi connectivity index (χ2n) is 6.70. The van der Waals surface area contributed by atoms with E-state index in [-0.39, 0.29) is 22.8 Å². The van der Waals surface area contributed by atoms with E-state index in [9.17, 15) is 4.79 Å². The van der Waals surface area contributed by atoms with Gasteiger partial charge in [0.05, 0.1) is 19.3 Å². The molecule has 4 heteroatoms. The minimum absolute atomic E-state index is 0.103. The van der Waals surface area contributed by atoms with Gasteiger partial charge in [-0.15, -0.1) is 0 Å². The average molecular weight is 254 g/mol. The van der Waals surface area contributed by atoms with Crippen LogP contribution in [0.25, 0.3) is 0 Å². The molecular weight excluding hydrogens is 228 g/mol. The fourth-order valence-corrected chi connectivity index (χ4v) is 2.99. The number of carbonyl (C=O) groups is 1. The van der Waals surface area contributed by atoms with Crippen LogP contribution in [0.2, 0.25) is 0 Å². The van der Waals surface area contributed by atoms with Crippen molar-refractivity contribution in [2.45, 2.75) is 46.7 Å². The quantitative estimate of drug-likeness (QED) is 0.824. The summed E-state index contributed by atoms with van der Waals surface area (Å²) in [5.41, 5.74) is 0.541. The van der Waals surface area contributed by atoms with Gasteiger partial charge in [-0.3, -0.25) is 4.79 Å². The van der Waals surface area contributed by atoms with Crippen molar-refractivity contribution >= 4 is 5.91 Å². The van der Waals surface area contributed by atoms with Gasteiger partial charge in [0.1, 0.15) is 0 Å². The second-order valence-corrected chi connectivity index (χ2v) is 6.70. The minimum atomic E-state index is -0.103. The molecule has 0 aromatic heterocycles. The van der Waals surface area contributed by atoms with Crippen LogP contribution in [0.15, 0.2) is 0 Å². The molecule has 1 aliphatic heterocycles. The largest absolute Gasteiger partial charge is 0.378 e. The van der Waals surface area contributed by atoms with E-state index in [1.807, 2.05) is 11.8 Å². The summed E-state index contributed by atoms with van der Waals surface area (Å²) in [6, 6.07) is 0.319. The zero-order valence-electron chi connectivity index (χ0n) is 12.2. The van der Waals surface area contributed by atoms with E-state index in [1.54, 1.807) is 0 Å². The van der Waals surface area contributed by atoms with E-state index in [2.05, 4.69) is 33.0 Å². The van der Waals surface area contributed by atoms with Crippen LogP contribution in [0.4, 0.5) is 0 Å². The standard InChI is InChI=1S/C14H26N2O2/c1-10(11(17)16-6-8-18-9-7-16)15-12-13(2,3)14(12,4)5/h10,12,15H,6-9H2,1-5H3. The van der Waals surface area contributed by atoms with Gasteiger partial charge in [0.2, 0.25) is 5.91 Å². The molecule has 1 atom stereocenters. The number of morpholine rings is 1. The molecule has 0 bridgehead atoms. The number of ether oxygens (including phenoxy) is 1. The first kappa shape index (κ1) is 13.8. The third kappa shape index (κ3) is 2.16. The van der Waals surface area contributed by atoms with Crippen molar-refractivity contribution in [2.75, 3.05) is 26.3 Å². The third-order valence-corrected chi connectivity index (χ3v) is 5.13. The van der Waals surface area contributed by atoms with Gasteiger partial charge in [0.25, 0.3) is 0 Å². The van der Waals surface area contributed by atoms with E-state index in [4.69, 9.17) is 4.74 Å². The number of amides is 1. The van der Waals surface area contributed by atoms with Crippen LogP contribution in [0, 0.1) is 10.8 Å². The Morgan fingerprint density at radius 1 is 1.22 bits per heavy atom. The average Bonchev–Trinajstić information content (AvgIpc) is 2.72. The predicted molar refractivity (Wildman–Crippen MR) is 71.3 cm³/mol.